The topological polar surface area (TPSA) is 86.3 Å². The van der Waals surface area contributed by atoms with Gasteiger partial charge in [-0.2, -0.15) is 0 Å². The summed E-state index contributed by atoms with van der Waals surface area (Å²) in [6.07, 6.45) is 2.12. The van der Waals surface area contributed by atoms with Gasteiger partial charge in [0.05, 0.1) is 12.2 Å². The van der Waals surface area contributed by atoms with E-state index in [0.29, 0.717) is 30.9 Å². The van der Waals surface area contributed by atoms with E-state index in [0.717, 1.165) is 36.4 Å². The molecule has 31 heavy (non-hydrogen) atoms. The number of aromatic nitrogens is 3. The molecule has 8 nitrogen and oxygen atoms in total. The van der Waals surface area contributed by atoms with Gasteiger partial charge in [-0.3, -0.25) is 14.5 Å². The van der Waals surface area contributed by atoms with Crippen LogP contribution in [0.15, 0.2) is 36.5 Å². The normalized spacial score (nSPS) is 20.2. The molecule has 1 unspecified atom stereocenters. The third-order valence-electron chi connectivity index (χ3n) is 5.66. The van der Waals surface area contributed by atoms with Crippen molar-refractivity contribution >= 4 is 5.82 Å². The maximum absolute atomic E-state index is 13.6. The van der Waals surface area contributed by atoms with Crippen molar-refractivity contribution in [2.24, 2.45) is 0 Å². The van der Waals surface area contributed by atoms with Crippen molar-refractivity contribution in [1.82, 2.24) is 19.4 Å². The van der Waals surface area contributed by atoms with E-state index in [1.54, 1.807) is 4.57 Å². The Hall–Kier alpha value is -3.40. The monoisotopic (exact) mass is 427 g/mol. The fraction of sp³-hybridized carbons (Fsp3) is 0.333. The zero-order chi connectivity index (χ0) is 21.8. The van der Waals surface area contributed by atoms with E-state index in [4.69, 9.17) is 4.74 Å². The van der Waals surface area contributed by atoms with Crippen molar-refractivity contribution < 1.29 is 18.4 Å². The molecular formula is C21H19F2N5O3. The summed E-state index contributed by atoms with van der Waals surface area (Å²) < 4.78 is 34.4. The minimum Gasteiger partial charge on any atom is -0.436 e. The van der Waals surface area contributed by atoms with Gasteiger partial charge in [-0.25, -0.2) is 8.78 Å². The molecule has 4 heterocycles. The van der Waals surface area contributed by atoms with Gasteiger partial charge >= 0.3 is 11.8 Å². The van der Waals surface area contributed by atoms with Gasteiger partial charge in [-0.1, -0.05) is 6.07 Å². The molecule has 0 radical (unpaired) electrons. The van der Waals surface area contributed by atoms with E-state index >= 15 is 0 Å². The molecule has 0 amide bonds. The van der Waals surface area contributed by atoms with E-state index in [-0.39, 0.29) is 11.8 Å². The third kappa shape index (κ3) is 3.63. The van der Waals surface area contributed by atoms with Crippen LogP contribution in [0, 0.1) is 21.7 Å². The van der Waals surface area contributed by atoms with Crippen LogP contribution in [0.4, 0.5) is 14.6 Å². The maximum Gasteiger partial charge on any atom is 0.415 e. The Labute approximate surface area is 176 Å². The van der Waals surface area contributed by atoms with Crippen LogP contribution < -0.4 is 4.74 Å². The van der Waals surface area contributed by atoms with Gasteiger partial charge in [0.1, 0.15) is 11.8 Å². The van der Waals surface area contributed by atoms with Crippen LogP contribution in [0.1, 0.15) is 18.2 Å². The second-order valence-electron chi connectivity index (χ2n) is 8.21. The minimum atomic E-state index is -0.890. The van der Waals surface area contributed by atoms with E-state index in [1.807, 2.05) is 19.1 Å². The van der Waals surface area contributed by atoms with Crippen molar-refractivity contribution in [2.45, 2.75) is 32.0 Å². The summed E-state index contributed by atoms with van der Waals surface area (Å²) in [6, 6.07) is 7.84. The summed E-state index contributed by atoms with van der Waals surface area (Å²) in [6.45, 7) is 4.53. The van der Waals surface area contributed by atoms with Crippen molar-refractivity contribution in [3.05, 3.63) is 69.5 Å². The SMILES string of the molecule is CC1(CN2CCc3nc(-c4ccc(F)c(F)c4)ccc3C2)Cn2cc([N+](=O)[O-])nc2O1. The lowest BCUT2D eigenvalue weighted by Crippen LogP contribution is -2.46. The molecule has 0 fully saturated rings. The summed E-state index contributed by atoms with van der Waals surface area (Å²) in [5.41, 5.74) is 2.64. The zero-order valence-corrected chi connectivity index (χ0v) is 16.7. The third-order valence-corrected chi connectivity index (χ3v) is 5.66. The summed E-state index contributed by atoms with van der Waals surface area (Å²) in [5.74, 6) is -1.98. The van der Waals surface area contributed by atoms with Gasteiger partial charge in [0.25, 0.3) is 0 Å². The molecule has 2 aromatic heterocycles. The van der Waals surface area contributed by atoms with Gasteiger partial charge in [0.15, 0.2) is 11.6 Å². The van der Waals surface area contributed by atoms with Gasteiger partial charge in [-0.05, 0) is 41.7 Å². The van der Waals surface area contributed by atoms with Crippen molar-refractivity contribution in [1.29, 1.82) is 0 Å². The quantitative estimate of drug-likeness (QED) is 0.469. The number of nitro groups is 1. The number of nitrogens with zero attached hydrogens (tertiary/aromatic N) is 5. The summed E-state index contributed by atoms with van der Waals surface area (Å²) in [4.78, 5) is 21.2. The van der Waals surface area contributed by atoms with Crippen LogP contribution >= 0.6 is 0 Å². The molecule has 0 aliphatic carbocycles. The molecule has 5 rings (SSSR count). The Bertz CT molecular complexity index is 1170. The number of hydrogen-bond acceptors (Lipinski definition) is 6. The first-order chi connectivity index (χ1) is 14.8. The molecule has 0 spiro atoms. The fourth-order valence-corrected chi connectivity index (χ4v) is 4.26. The van der Waals surface area contributed by atoms with E-state index in [2.05, 4.69) is 14.9 Å². The molecule has 2 aliphatic heterocycles. The van der Waals surface area contributed by atoms with E-state index in [1.165, 1.54) is 12.3 Å². The average molecular weight is 427 g/mol. The number of ether oxygens (including phenoxy) is 1. The first kappa shape index (κ1) is 19.6. The summed E-state index contributed by atoms with van der Waals surface area (Å²) in [5, 5.41) is 10.9. The Balaban J connectivity index is 1.28. The average Bonchev–Trinajstić information content (AvgIpc) is 3.24. The molecule has 10 heteroatoms. The Kier molecular flexibility index (Phi) is 4.47. The van der Waals surface area contributed by atoms with E-state index in [9.17, 15) is 18.9 Å². The highest BCUT2D eigenvalue weighted by molar-refractivity contribution is 5.60. The van der Waals surface area contributed by atoms with Gasteiger partial charge in [0.2, 0.25) is 0 Å². The molecule has 0 saturated heterocycles. The number of hydrogen-bond donors (Lipinski definition) is 0. The molecule has 1 aromatic carbocycles. The predicted octanol–water partition coefficient (Wildman–Crippen LogP) is 3.34. The lowest BCUT2D eigenvalue weighted by Gasteiger charge is -2.34. The highest BCUT2D eigenvalue weighted by Crippen LogP contribution is 2.33. The lowest BCUT2D eigenvalue weighted by atomic mass is 10.0. The number of imidazole rings is 1. The van der Waals surface area contributed by atoms with Crippen LogP contribution in [0.5, 0.6) is 6.01 Å². The first-order valence-electron chi connectivity index (χ1n) is 9.87. The molecular weight excluding hydrogens is 408 g/mol. The van der Waals surface area contributed by atoms with Crippen molar-refractivity contribution in [2.75, 3.05) is 13.1 Å². The lowest BCUT2D eigenvalue weighted by molar-refractivity contribution is -0.389. The summed E-state index contributed by atoms with van der Waals surface area (Å²) >= 11 is 0. The van der Waals surface area contributed by atoms with Crippen molar-refractivity contribution in [3.63, 3.8) is 0 Å². The second kappa shape index (κ2) is 7.09. The molecule has 0 N–H and O–H groups in total. The highest BCUT2D eigenvalue weighted by Gasteiger charge is 2.41. The number of benzene rings is 1. The Morgan fingerprint density at radius 2 is 2.06 bits per heavy atom. The van der Waals surface area contributed by atoms with Crippen LogP contribution in [0.2, 0.25) is 0 Å². The zero-order valence-electron chi connectivity index (χ0n) is 16.7. The number of rotatable bonds is 4. The largest absolute Gasteiger partial charge is 0.436 e. The molecule has 2 aliphatic rings. The first-order valence-corrected chi connectivity index (χ1v) is 9.87. The van der Waals surface area contributed by atoms with Gasteiger partial charge < -0.3 is 14.9 Å². The Morgan fingerprint density at radius 1 is 1.23 bits per heavy atom. The van der Waals surface area contributed by atoms with Crippen molar-refractivity contribution in [3.8, 4) is 17.3 Å². The van der Waals surface area contributed by atoms with Gasteiger partial charge in [0, 0.05) is 42.3 Å². The summed E-state index contributed by atoms with van der Waals surface area (Å²) in [7, 11) is 0. The number of pyridine rings is 1. The predicted molar refractivity (Wildman–Crippen MR) is 106 cm³/mol. The van der Waals surface area contributed by atoms with Crippen LogP contribution in [0.3, 0.4) is 0 Å². The highest BCUT2D eigenvalue weighted by atomic mass is 19.2. The maximum atomic E-state index is 13.6. The molecule has 0 bridgehead atoms. The molecule has 1 atom stereocenters. The molecule has 0 saturated carbocycles. The van der Waals surface area contributed by atoms with Crippen LogP contribution in [-0.2, 0) is 19.5 Å². The second-order valence-corrected chi connectivity index (χ2v) is 8.21. The standard InChI is InChI=1S/C21H19F2N5O3/c1-21(12-27-10-19(28(29)30)25-20(27)31-21)11-26-7-6-18-14(9-26)3-5-17(24-18)13-2-4-15(22)16(23)8-13/h2-5,8,10H,6-7,9,11-12H2,1H3. The van der Waals surface area contributed by atoms with E-state index < -0.39 is 22.2 Å². The number of halogens is 2. The Morgan fingerprint density at radius 3 is 2.81 bits per heavy atom. The minimum absolute atomic E-state index is 0.216. The molecule has 3 aromatic rings. The smallest absolute Gasteiger partial charge is 0.415 e. The molecule has 160 valence electrons. The number of fused-ring (bicyclic) bond motifs is 2. The van der Waals surface area contributed by atoms with Crippen LogP contribution in [-0.4, -0.2) is 43.0 Å². The fourth-order valence-electron chi connectivity index (χ4n) is 4.26. The van der Waals surface area contributed by atoms with Crippen LogP contribution in [0.25, 0.3) is 11.3 Å². The van der Waals surface area contributed by atoms with Gasteiger partial charge in [-0.15, -0.1) is 0 Å².